The van der Waals surface area contributed by atoms with E-state index in [-0.39, 0.29) is 10.6 Å². The number of hydrogen-bond acceptors (Lipinski definition) is 3. The van der Waals surface area contributed by atoms with Crippen LogP contribution in [0.25, 0.3) is 0 Å². The van der Waals surface area contributed by atoms with Crippen molar-refractivity contribution in [3.8, 4) is 0 Å². The lowest BCUT2D eigenvalue weighted by Crippen LogP contribution is -2.12. The second-order valence-corrected chi connectivity index (χ2v) is 5.11. The molecule has 1 unspecified atom stereocenters. The van der Waals surface area contributed by atoms with Gasteiger partial charge in [-0.3, -0.25) is 10.1 Å². The zero-order chi connectivity index (χ0) is 12.8. The van der Waals surface area contributed by atoms with Crippen LogP contribution in [0.2, 0.25) is 0 Å². The Morgan fingerprint density at radius 2 is 2.24 bits per heavy atom. The summed E-state index contributed by atoms with van der Waals surface area (Å²) in [6.07, 6.45) is 2.25. The van der Waals surface area contributed by atoms with Crippen LogP contribution < -0.4 is 5.32 Å². The standard InChI is InChI=1S/C12H17BrN2O2/c1-3-4-9(2)8-14-11-6-5-10(13)7-12(11)15(16)17/h5-7,9,14H,3-4,8H2,1-2H3. The quantitative estimate of drug-likeness (QED) is 0.632. The Morgan fingerprint density at radius 3 is 2.82 bits per heavy atom. The van der Waals surface area contributed by atoms with Gasteiger partial charge in [0.2, 0.25) is 0 Å². The Balaban J connectivity index is 2.73. The third-order valence-electron chi connectivity index (χ3n) is 2.58. The first kappa shape index (κ1) is 14.0. The van der Waals surface area contributed by atoms with Gasteiger partial charge < -0.3 is 5.32 Å². The van der Waals surface area contributed by atoms with Crippen LogP contribution in [-0.2, 0) is 0 Å². The van der Waals surface area contributed by atoms with E-state index in [1.165, 1.54) is 6.07 Å². The van der Waals surface area contributed by atoms with E-state index in [1.807, 2.05) is 0 Å². The van der Waals surface area contributed by atoms with Crippen molar-refractivity contribution in [1.29, 1.82) is 0 Å². The van der Waals surface area contributed by atoms with Crippen molar-refractivity contribution >= 4 is 27.3 Å². The lowest BCUT2D eigenvalue weighted by molar-refractivity contribution is -0.384. The maximum absolute atomic E-state index is 10.9. The molecule has 0 amide bonds. The van der Waals surface area contributed by atoms with Gasteiger partial charge in [0.15, 0.2) is 0 Å². The molecular weight excluding hydrogens is 284 g/mol. The number of halogens is 1. The van der Waals surface area contributed by atoms with Crippen LogP contribution in [0.4, 0.5) is 11.4 Å². The van der Waals surface area contributed by atoms with Crippen molar-refractivity contribution < 1.29 is 4.92 Å². The zero-order valence-electron chi connectivity index (χ0n) is 10.1. The summed E-state index contributed by atoms with van der Waals surface area (Å²) in [4.78, 5) is 10.5. The maximum atomic E-state index is 10.9. The van der Waals surface area contributed by atoms with Gasteiger partial charge >= 0.3 is 0 Å². The summed E-state index contributed by atoms with van der Waals surface area (Å²) in [5.74, 6) is 0.517. The van der Waals surface area contributed by atoms with Crippen LogP contribution in [0, 0.1) is 16.0 Å². The number of nitrogens with zero attached hydrogens (tertiary/aromatic N) is 1. The molecule has 0 heterocycles. The molecule has 0 bridgehead atoms. The van der Waals surface area contributed by atoms with Crippen LogP contribution in [-0.4, -0.2) is 11.5 Å². The first-order valence-corrected chi connectivity index (χ1v) is 6.51. The lowest BCUT2D eigenvalue weighted by Gasteiger charge is -2.12. The van der Waals surface area contributed by atoms with E-state index in [1.54, 1.807) is 12.1 Å². The van der Waals surface area contributed by atoms with E-state index in [9.17, 15) is 10.1 Å². The highest BCUT2D eigenvalue weighted by molar-refractivity contribution is 9.10. The van der Waals surface area contributed by atoms with E-state index in [4.69, 9.17) is 0 Å². The number of nitro groups is 1. The van der Waals surface area contributed by atoms with Gasteiger partial charge in [0, 0.05) is 17.1 Å². The maximum Gasteiger partial charge on any atom is 0.293 e. The fraction of sp³-hybridized carbons (Fsp3) is 0.500. The lowest BCUT2D eigenvalue weighted by atomic mass is 10.1. The Bertz CT molecular complexity index is 396. The molecule has 1 atom stereocenters. The van der Waals surface area contributed by atoms with Gasteiger partial charge in [-0.1, -0.05) is 36.2 Å². The molecule has 1 aromatic carbocycles. The number of nitrogens with one attached hydrogen (secondary N) is 1. The molecule has 1 aromatic rings. The number of nitro benzene ring substituents is 1. The molecule has 94 valence electrons. The van der Waals surface area contributed by atoms with E-state index in [0.717, 1.165) is 23.9 Å². The highest BCUT2D eigenvalue weighted by Crippen LogP contribution is 2.28. The van der Waals surface area contributed by atoms with Crippen molar-refractivity contribution in [3.63, 3.8) is 0 Å². The smallest absolute Gasteiger partial charge is 0.293 e. The van der Waals surface area contributed by atoms with E-state index >= 15 is 0 Å². The molecule has 0 aromatic heterocycles. The Morgan fingerprint density at radius 1 is 1.53 bits per heavy atom. The summed E-state index contributed by atoms with van der Waals surface area (Å²) in [5.41, 5.74) is 0.698. The molecule has 0 aliphatic carbocycles. The highest BCUT2D eigenvalue weighted by Gasteiger charge is 2.14. The van der Waals surface area contributed by atoms with E-state index < -0.39 is 0 Å². The Hall–Kier alpha value is -1.10. The number of hydrogen-bond donors (Lipinski definition) is 1. The number of anilines is 1. The van der Waals surface area contributed by atoms with Crippen LogP contribution in [0.15, 0.2) is 22.7 Å². The van der Waals surface area contributed by atoms with Crippen LogP contribution in [0.5, 0.6) is 0 Å². The van der Waals surface area contributed by atoms with Gasteiger partial charge in [0.05, 0.1) is 4.92 Å². The predicted octanol–water partition coefficient (Wildman–Crippen LogP) is 4.21. The minimum atomic E-state index is -0.364. The fourth-order valence-corrected chi connectivity index (χ4v) is 2.03. The number of rotatable bonds is 6. The van der Waals surface area contributed by atoms with E-state index in [2.05, 4.69) is 35.1 Å². The molecule has 4 nitrogen and oxygen atoms in total. The summed E-state index contributed by atoms with van der Waals surface area (Å²) < 4.78 is 0.719. The first-order chi connectivity index (χ1) is 8.04. The summed E-state index contributed by atoms with van der Waals surface area (Å²) in [6, 6.07) is 5.06. The van der Waals surface area contributed by atoms with Crippen molar-refractivity contribution in [2.24, 2.45) is 5.92 Å². The minimum absolute atomic E-state index is 0.114. The van der Waals surface area contributed by atoms with Gasteiger partial charge in [-0.2, -0.15) is 0 Å². The monoisotopic (exact) mass is 300 g/mol. The molecule has 1 N–H and O–H groups in total. The fourth-order valence-electron chi connectivity index (χ4n) is 1.68. The summed E-state index contributed by atoms with van der Waals surface area (Å²) >= 11 is 3.24. The van der Waals surface area contributed by atoms with Crippen LogP contribution >= 0.6 is 15.9 Å². The molecule has 0 aliphatic heterocycles. The Labute approximate surface area is 110 Å². The predicted molar refractivity (Wildman–Crippen MR) is 73.4 cm³/mol. The van der Waals surface area contributed by atoms with Gasteiger partial charge in [-0.05, 0) is 24.5 Å². The second kappa shape index (κ2) is 6.59. The zero-order valence-corrected chi connectivity index (χ0v) is 11.7. The SMILES string of the molecule is CCCC(C)CNc1ccc(Br)cc1[N+](=O)[O-]. The minimum Gasteiger partial charge on any atom is -0.379 e. The van der Waals surface area contributed by atoms with E-state index in [0.29, 0.717) is 11.6 Å². The highest BCUT2D eigenvalue weighted by atomic mass is 79.9. The molecule has 17 heavy (non-hydrogen) atoms. The van der Waals surface area contributed by atoms with Gasteiger partial charge in [0.25, 0.3) is 5.69 Å². The third-order valence-corrected chi connectivity index (χ3v) is 3.07. The van der Waals surface area contributed by atoms with Gasteiger partial charge in [0.1, 0.15) is 5.69 Å². The van der Waals surface area contributed by atoms with Crippen LogP contribution in [0.3, 0.4) is 0 Å². The second-order valence-electron chi connectivity index (χ2n) is 4.19. The molecule has 0 saturated heterocycles. The third kappa shape index (κ3) is 4.34. The van der Waals surface area contributed by atoms with Crippen molar-refractivity contribution in [3.05, 3.63) is 32.8 Å². The molecule has 0 radical (unpaired) electrons. The largest absolute Gasteiger partial charge is 0.379 e. The normalized spacial score (nSPS) is 12.2. The molecule has 0 aliphatic rings. The average molecular weight is 301 g/mol. The molecule has 5 heteroatoms. The summed E-state index contributed by atoms with van der Waals surface area (Å²) in [7, 11) is 0. The molecule has 0 saturated carbocycles. The van der Waals surface area contributed by atoms with Crippen LogP contribution in [0.1, 0.15) is 26.7 Å². The summed E-state index contributed by atoms with van der Waals surface area (Å²) in [5, 5.41) is 14.0. The Kier molecular flexibility index (Phi) is 5.41. The van der Waals surface area contributed by atoms with Crippen molar-refractivity contribution in [1.82, 2.24) is 0 Å². The van der Waals surface area contributed by atoms with Crippen molar-refractivity contribution in [2.75, 3.05) is 11.9 Å². The molecule has 1 rings (SSSR count). The number of benzene rings is 1. The summed E-state index contributed by atoms with van der Waals surface area (Å²) in [6.45, 7) is 5.04. The van der Waals surface area contributed by atoms with Gasteiger partial charge in [-0.25, -0.2) is 0 Å². The topological polar surface area (TPSA) is 55.2 Å². The average Bonchev–Trinajstić information content (AvgIpc) is 2.27. The first-order valence-electron chi connectivity index (χ1n) is 5.72. The molecular formula is C12H17BrN2O2. The van der Waals surface area contributed by atoms with Gasteiger partial charge in [-0.15, -0.1) is 0 Å². The molecule has 0 spiro atoms. The molecule has 0 fully saturated rings. The van der Waals surface area contributed by atoms with Crippen molar-refractivity contribution in [2.45, 2.75) is 26.7 Å².